The quantitative estimate of drug-likeness (QED) is 0.588. The van der Waals surface area contributed by atoms with E-state index in [1.165, 1.54) is 17.7 Å². The van der Waals surface area contributed by atoms with Crippen LogP contribution in [0.3, 0.4) is 0 Å². The summed E-state index contributed by atoms with van der Waals surface area (Å²) in [6, 6.07) is 4.19. The van der Waals surface area contributed by atoms with Crippen molar-refractivity contribution in [3.05, 3.63) is 22.4 Å². The number of nitrogens with one attached hydrogen (secondary N) is 2. The van der Waals surface area contributed by atoms with Gasteiger partial charge < -0.3 is 10.6 Å². The third kappa shape index (κ3) is 5.54. The highest BCUT2D eigenvalue weighted by atomic mass is 32.1. The molecule has 0 aliphatic rings. The van der Waals surface area contributed by atoms with Gasteiger partial charge in [-0.1, -0.05) is 32.8 Å². The van der Waals surface area contributed by atoms with Gasteiger partial charge in [0.05, 0.1) is 6.54 Å². The van der Waals surface area contributed by atoms with Crippen LogP contribution in [0, 0.1) is 5.92 Å². The summed E-state index contributed by atoms with van der Waals surface area (Å²) in [4.78, 5) is 5.90. The smallest absolute Gasteiger partial charge is 0.191 e. The summed E-state index contributed by atoms with van der Waals surface area (Å²) >= 11 is 1.75. The third-order valence-corrected chi connectivity index (χ3v) is 3.89. The monoisotopic (exact) mass is 267 g/mol. The number of hydrogen-bond donors (Lipinski definition) is 2. The molecule has 0 bridgehead atoms. The highest BCUT2D eigenvalue weighted by Gasteiger charge is 2.04. The van der Waals surface area contributed by atoms with E-state index >= 15 is 0 Å². The minimum absolute atomic E-state index is 0.732. The normalized spacial score (nSPS) is 11.9. The van der Waals surface area contributed by atoms with Gasteiger partial charge in [-0.2, -0.15) is 0 Å². The Morgan fingerprint density at radius 3 is 2.61 bits per heavy atom. The largest absolute Gasteiger partial charge is 0.357 e. The van der Waals surface area contributed by atoms with Crippen molar-refractivity contribution in [2.45, 2.75) is 40.2 Å². The summed E-state index contributed by atoms with van der Waals surface area (Å²) in [5, 5.41) is 8.81. The minimum atomic E-state index is 0.732. The average Bonchev–Trinajstić information content (AvgIpc) is 2.90. The van der Waals surface area contributed by atoms with Crippen molar-refractivity contribution in [1.82, 2.24) is 10.6 Å². The van der Waals surface area contributed by atoms with Crippen molar-refractivity contribution in [2.75, 3.05) is 13.1 Å². The van der Waals surface area contributed by atoms with E-state index in [1.54, 1.807) is 11.3 Å². The van der Waals surface area contributed by atoms with Gasteiger partial charge in [-0.3, -0.25) is 0 Å². The molecule has 18 heavy (non-hydrogen) atoms. The summed E-state index contributed by atoms with van der Waals surface area (Å²) in [6.07, 6.45) is 2.43. The topological polar surface area (TPSA) is 36.4 Å². The molecule has 0 fully saturated rings. The molecule has 4 heteroatoms. The maximum absolute atomic E-state index is 4.60. The number of hydrogen-bond acceptors (Lipinski definition) is 2. The highest BCUT2D eigenvalue weighted by molar-refractivity contribution is 7.09. The first-order valence-corrected chi connectivity index (χ1v) is 7.72. The molecule has 0 unspecified atom stereocenters. The van der Waals surface area contributed by atoms with Crippen molar-refractivity contribution in [3.63, 3.8) is 0 Å². The molecule has 0 aliphatic carbocycles. The Kier molecular flexibility index (Phi) is 7.49. The van der Waals surface area contributed by atoms with Crippen LogP contribution < -0.4 is 10.6 Å². The number of aliphatic imine (C=N–C) groups is 1. The Morgan fingerprint density at radius 1 is 1.28 bits per heavy atom. The number of thiophene rings is 1. The number of nitrogens with zero attached hydrogens (tertiary/aromatic N) is 1. The second kappa shape index (κ2) is 8.97. The van der Waals surface area contributed by atoms with E-state index in [1.807, 2.05) is 0 Å². The second-order valence-corrected chi connectivity index (χ2v) is 5.37. The molecule has 0 radical (unpaired) electrons. The van der Waals surface area contributed by atoms with Crippen LogP contribution in [0.25, 0.3) is 0 Å². The van der Waals surface area contributed by atoms with Gasteiger partial charge in [-0.25, -0.2) is 4.99 Å². The Balaban J connectivity index is 2.45. The molecule has 0 spiro atoms. The zero-order valence-electron chi connectivity index (χ0n) is 11.7. The maximum Gasteiger partial charge on any atom is 0.191 e. The summed E-state index contributed by atoms with van der Waals surface area (Å²) in [5.41, 5.74) is 0. The molecule has 0 saturated heterocycles. The predicted molar refractivity (Wildman–Crippen MR) is 81.2 cm³/mol. The third-order valence-electron chi connectivity index (χ3n) is 3.03. The van der Waals surface area contributed by atoms with Crippen molar-refractivity contribution >= 4 is 17.3 Å². The van der Waals surface area contributed by atoms with E-state index in [9.17, 15) is 0 Å². The van der Waals surface area contributed by atoms with E-state index < -0.39 is 0 Å². The number of rotatable bonds is 7. The van der Waals surface area contributed by atoms with Crippen LogP contribution in [0.15, 0.2) is 22.5 Å². The lowest BCUT2D eigenvalue weighted by atomic mass is 10.0. The molecule has 0 aliphatic heterocycles. The van der Waals surface area contributed by atoms with E-state index in [0.717, 1.165) is 31.5 Å². The second-order valence-electron chi connectivity index (χ2n) is 4.34. The van der Waals surface area contributed by atoms with E-state index in [0.29, 0.717) is 0 Å². The van der Waals surface area contributed by atoms with Gasteiger partial charge in [0.15, 0.2) is 5.96 Å². The molecule has 102 valence electrons. The lowest BCUT2D eigenvalue weighted by Gasteiger charge is -2.16. The van der Waals surface area contributed by atoms with E-state index in [2.05, 4.69) is 53.9 Å². The lowest BCUT2D eigenvalue weighted by Crippen LogP contribution is -2.39. The molecule has 1 heterocycles. The molecule has 0 aromatic carbocycles. The first-order valence-electron chi connectivity index (χ1n) is 6.84. The van der Waals surface area contributed by atoms with Gasteiger partial charge in [0.2, 0.25) is 0 Å². The summed E-state index contributed by atoms with van der Waals surface area (Å²) in [5.74, 6) is 1.66. The first kappa shape index (κ1) is 15.0. The van der Waals surface area contributed by atoms with Gasteiger partial charge >= 0.3 is 0 Å². The highest BCUT2D eigenvalue weighted by Crippen LogP contribution is 2.09. The van der Waals surface area contributed by atoms with Crippen molar-refractivity contribution in [2.24, 2.45) is 10.9 Å². The van der Waals surface area contributed by atoms with E-state index in [4.69, 9.17) is 0 Å². The Labute approximate surface area is 115 Å². The lowest BCUT2D eigenvalue weighted by molar-refractivity contribution is 0.481. The van der Waals surface area contributed by atoms with Gasteiger partial charge in [-0.15, -0.1) is 11.3 Å². The zero-order valence-corrected chi connectivity index (χ0v) is 12.5. The molecule has 3 nitrogen and oxygen atoms in total. The van der Waals surface area contributed by atoms with Crippen LogP contribution in [0.1, 0.15) is 38.5 Å². The van der Waals surface area contributed by atoms with Crippen molar-refractivity contribution < 1.29 is 0 Å². The Bertz CT molecular complexity index is 329. The molecule has 0 saturated carbocycles. The summed E-state index contributed by atoms with van der Waals surface area (Å²) < 4.78 is 0. The standard InChI is InChI=1S/C14H25N3S/c1-4-12(5-2)10-16-14(15-6-3)17-11-13-8-7-9-18-13/h7-9,12H,4-6,10-11H2,1-3H3,(H2,15,16,17). The molecule has 1 aromatic heterocycles. The fraction of sp³-hybridized carbons (Fsp3) is 0.643. The van der Waals surface area contributed by atoms with Crippen LogP contribution in [-0.2, 0) is 6.54 Å². The van der Waals surface area contributed by atoms with Crippen LogP contribution in [0.4, 0.5) is 0 Å². The van der Waals surface area contributed by atoms with Crippen LogP contribution >= 0.6 is 11.3 Å². The fourth-order valence-corrected chi connectivity index (χ4v) is 2.35. The van der Waals surface area contributed by atoms with Gasteiger partial charge in [-0.05, 0) is 24.3 Å². The Morgan fingerprint density at radius 2 is 2.06 bits per heavy atom. The molecule has 2 N–H and O–H groups in total. The number of guanidine groups is 1. The minimum Gasteiger partial charge on any atom is -0.357 e. The summed E-state index contributed by atoms with van der Waals surface area (Å²) in [6.45, 7) is 9.25. The SMILES string of the molecule is CCNC(=NCc1cccs1)NCC(CC)CC. The maximum atomic E-state index is 4.60. The van der Waals surface area contributed by atoms with Gasteiger partial charge in [0.25, 0.3) is 0 Å². The molecule has 0 amide bonds. The first-order chi connectivity index (χ1) is 8.80. The van der Waals surface area contributed by atoms with Gasteiger partial charge in [0, 0.05) is 18.0 Å². The predicted octanol–water partition coefficient (Wildman–Crippen LogP) is 3.24. The zero-order chi connectivity index (χ0) is 13.2. The molecular formula is C14H25N3S. The molecular weight excluding hydrogens is 242 g/mol. The van der Waals surface area contributed by atoms with Gasteiger partial charge in [0.1, 0.15) is 0 Å². The van der Waals surface area contributed by atoms with Crippen molar-refractivity contribution in [1.29, 1.82) is 0 Å². The molecule has 0 atom stereocenters. The van der Waals surface area contributed by atoms with Crippen LogP contribution in [0.2, 0.25) is 0 Å². The average molecular weight is 267 g/mol. The molecule has 1 rings (SSSR count). The molecule has 1 aromatic rings. The van der Waals surface area contributed by atoms with E-state index in [-0.39, 0.29) is 0 Å². The van der Waals surface area contributed by atoms with Crippen LogP contribution in [0.5, 0.6) is 0 Å². The fourth-order valence-electron chi connectivity index (χ4n) is 1.72. The van der Waals surface area contributed by atoms with Crippen molar-refractivity contribution in [3.8, 4) is 0 Å². The Hall–Kier alpha value is -1.03. The van der Waals surface area contributed by atoms with Crippen LogP contribution in [-0.4, -0.2) is 19.0 Å². The summed E-state index contributed by atoms with van der Waals surface area (Å²) in [7, 11) is 0.